The molecule has 0 atom stereocenters. The molecule has 0 aliphatic rings. The molecule has 0 fully saturated rings. The number of rotatable bonds is 5. The monoisotopic (exact) mass is 219 g/mol. The Bertz CT molecular complexity index is 333. The molecule has 3 heteroatoms. The van der Waals surface area contributed by atoms with E-state index in [1.807, 2.05) is 49.4 Å². The van der Waals surface area contributed by atoms with Gasteiger partial charge in [0.15, 0.2) is 0 Å². The van der Waals surface area contributed by atoms with Gasteiger partial charge in [0.05, 0.1) is 0 Å². The van der Waals surface area contributed by atoms with E-state index in [-0.39, 0.29) is 6.09 Å². The predicted molar refractivity (Wildman–Crippen MR) is 64.1 cm³/mol. The minimum Gasteiger partial charge on any atom is -0.445 e. The molecule has 3 nitrogen and oxygen atoms in total. The van der Waals surface area contributed by atoms with Crippen molar-refractivity contribution in [2.24, 2.45) is 0 Å². The fraction of sp³-hybridized carbons (Fsp3) is 0.308. The van der Waals surface area contributed by atoms with Crippen LogP contribution in [0.3, 0.4) is 0 Å². The number of carbonyl (C=O) groups excluding carboxylic acids is 1. The van der Waals surface area contributed by atoms with E-state index in [2.05, 4.69) is 5.32 Å². The first-order valence-electron chi connectivity index (χ1n) is 5.42. The van der Waals surface area contributed by atoms with E-state index >= 15 is 0 Å². The van der Waals surface area contributed by atoms with Crippen LogP contribution in [0.15, 0.2) is 42.5 Å². The maximum Gasteiger partial charge on any atom is 0.407 e. The van der Waals surface area contributed by atoms with Gasteiger partial charge in [-0.05, 0) is 12.0 Å². The number of hydrogen-bond donors (Lipinski definition) is 1. The molecular formula is C13H17NO2. The van der Waals surface area contributed by atoms with Gasteiger partial charge in [0.25, 0.3) is 0 Å². The summed E-state index contributed by atoms with van der Waals surface area (Å²) in [4.78, 5) is 11.2. The van der Waals surface area contributed by atoms with E-state index in [0.29, 0.717) is 13.2 Å². The second-order valence-electron chi connectivity index (χ2n) is 3.32. The van der Waals surface area contributed by atoms with Gasteiger partial charge in [-0.2, -0.15) is 0 Å². The van der Waals surface area contributed by atoms with Crippen LogP contribution >= 0.6 is 0 Å². The molecule has 0 saturated carbocycles. The molecule has 0 heterocycles. The average molecular weight is 219 g/mol. The lowest BCUT2D eigenvalue weighted by Gasteiger charge is -2.04. The number of ether oxygens (including phenoxy) is 1. The fourth-order valence-electron chi connectivity index (χ4n) is 1.17. The van der Waals surface area contributed by atoms with Gasteiger partial charge in [-0.15, -0.1) is 0 Å². The van der Waals surface area contributed by atoms with Gasteiger partial charge in [-0.25, -0.2) is 4.79 Å². The van der Waals surface area contributed by atoms with E-state index in [4.69, 9.17) is 4.74 Å². The Kier molecular flexibility index (Phi) is 5.78. The molecule has 0 bridgehead atoms. The molecule has 1 amide bonds. The number of hydrogen-bond acceptors (Lipinski definition) is 2. The summed E-state index contributed by atoms with van der Waals surface area (Å²) in [5.41, 5.74) is 0.988. The van der Waals surface area contributed by atoms with Crippen molar-refractivity contribution in [3.05, 3.63) is 48.0 Å². The smallest absolute Gasteiger partial charge is 0.407 e. The lowest BCUT2D eigenvalue weighted by atomic mass is 10.2. The number of alkyl carbamates (subject to hydrolysis) is 1. The molecule has 16 heavy (non-hydrogen) atoms. The summed E-state index contributed by atoms with van der Waals surface area (Å²) < 4.78 is 5.02. The van der Waals surface area contributed by atoms with Crippen LogP contribution in [-0.2, 0) is 11.3 Å². The highest BCUT2D eigenvalue weighted by molar-refractivity contribution is 5.67. The zero-order valence-electron chi connectivity index (χ0n) is 9.48. The molecule has 0 radical (unpaired) electrons. The topological polar surface area (TPSA) is 38.3 Å². The number of amides is 1. The van der Waals surface area contributed by atoms with E-state index in [1.54, 1.807) is 0 Å². The van der Waals surface area contributed by atoms with E-state index in [9.17, 15) is 4.79 Å². The zero-order valence-corrected chi connectivity index (χ0v) is 9.48. The number of nitrogens with one attached hydrogen (secondary N) is 1. The fourth-order valence-corrected chi connectivity index (χ4v) is 1.17. The minimum absolute atomic E-state index is 0.310. The van der Waals surface area contributed by atoms with Crippen LogP contribution in [0, 0.1) is 0 Å². The Morgan fingerprint density at radius 3 is 2.75 bits per heavy atom. The quantitative estimate of drug-likeness (QED) is 0.773. The lowest BCUT2D eigenvalue weighted by molar-refractivity contribution is 0.140. The highest BCUT2D eigenvalue weighted by atomic mass is 16.5. The largest absolute Gasteiger partial charge is 0.445 e. The van der Waals surface area contributed by atoms with Gasteiger partial charge in [-0.3, -0.25) is 0 Å². The molecule has 1 N–H and O–H groups in total. The van der Waals surface area contributed by atoms with Crippen LogP contribution in [0.1, 0.15) is 18.9 Å². The standard InChI is InChI=1S/C13H17NO2/c1-2-3-7-10-14-13(15)16-11-12-8-5-4-6-9-12/h3-9H,2,10-11H2,1H3,(H,14,15)/b7-3-. The Labute approximate surface area is 96.1 Å². The third-order valence-electron chi connectivity index (χ3n) is 1.98. The lowest BCUT2D eigenvalue weighted by Crippen LogP contribution is -2.24. The molecule has 0 aliphatic carbocycles. The van der Waals surface area contributed by atoms with Gasteiger partial charge in [0, 0.05) is 6.54 Å². The zero-order chi connectivity index (χ0) is 11.6. The first-order chi connectivity index (χ1) is 7.83. The first-order valence-corrected chi connectivity index (χ1v) is 5.42. The van der Waals surface area contributed by atoms with Crippen LogP contribution in [-0.4, -0.2) is 12.6 Å². The van der Waals surface area contributed by atoms with Crippen LogP contribution in [0.4, 0.5) is 4.79 Å². The molecule has 0 spiro atoms. The summed E-state index contributed by atoms with van der Waals surface area (Å²) in [6.45, 7) is 2.87. The second-order valence-corrected chi connectivity index (χ2v) is 3.32. The third kappa shape index (κ3) is 5.20. The van der Waals surface area contributed by atoms with Gasteiger partial charge < -0.3 is 10.1 Å². The van der Waals surface area contributed by atoms with Crippen molar-refractivity contribution < 1.29 is 9.53 Å². The van der Waals surface area contributed by atoms with Crippen molar-refractivity contribution >= 4 is 6.09 Å². The van der Waals surface area contributed by atoms with E-state index in [1.165, 1.54) is 0 Å². The van der Waals surface area contributed by atoms with Crippen molar-refractivity contribution in [3.63, 3.8) is 0 Å². The summed E-state index contributed by atoms with van der Waals surface area (Å²) >= 11 is 0. The number of benzene rings is 1. The molecule has 1 rings (SSSR count). The van der Waals surface area contributed by atoms with Gasteiger partial charge in [0.1, 0.15) is 6.61 Å². The first kappa shape index (κ1) is 12.3. The Balaban J connectivity index is 2.18. The summed E-state index contributed by atoms with van der Waals surface area (Å²) in [7, 11) is 0. The highest BCUT2D eigenvalue weighted by Crippen LogP contribution is 2.00. The SMILES string of the molecule is CC/C=C\CNC(=O)OCc1ccccc1. The summed E-state index contributed by atoms with van der Waals surface area (Å²) in [5, 5.41) is 2.64. The highest BCUT2D eigenvalue weighted by Gasteiger charge is 1.99. The number of allylic oxidation sites excluding steroid dienone is 1. The minimum atomic E-state index is -0.385. The summed E-state index contributed by atoms with van der Waals surface area (Å²) in [6.07, 6.45) is 4.49. The van der Waals surface area contributed by atoms with Crippen molar-refractivity contribution in [3.8, 4) is 0 Å². The van der Waals surface area contributed by atoms with Gasteiger partial charge in [0.2, 0.25) is 0 Å². The molecule has 0 unspecified atom stereocenters. The van der Waals surface area contributed by atoms with Gasteiger partial charge in [-0.1, -0.05) is 49.4 Å². The van der Waals surface area contributed by atoms with Crippen molar-refractivity contribution in [1.82, 2.24) is 5.32 Å². The Hall–Kier alpha value is -1.77. The van der Waals surface area contributed by atoms with Gasteiger partial charge >= 0.3 is 6.09 Å². The Morgan fingerprint density at radius 2 is 2.06 bits per heavy atom. The second kappa shape index (κ2) is 7.51. The summed E-state index contributed by atoms with van der Waals surface area (Å²) in [6, 6.07) is 9.61. The molecule has 86 valence electrons. The molecule has 1 aromatic carbocycles. The van der Waals surface area contributed by atoms with E-state index < -0.39 is 0 Å². The average Bonchev–Trinajstić information content (AvgIpc) is 2.33. The maximum absolute atomic E-state index is 11.2. The molecular weight excluding hydrogens is 202 g/mol. The molecule has 0 aliphatic heterocycles. The van der Waals surface area contributed by atoms with Crippen LogP contribution in [0.2, 0.25) is 0 Å². The van der Waals surface area contributed by atoms with Crippen molar-refractivity contribution in [2.75, 3.05) is 6.54 Å². The molecule has 0 saturated heterocycles. The molecule has 0 aromatic heterocycles. The predicted octanol–water partition coefficient (Wildman–Crippen LogP) is 2.88. The summed E-state index contributed by atoms with van der Waals surface area (Å²) in [5.74, 6) is 0. The Morgan fingerprint density at radius 1 is 1.31 bits per heavy atom. The van der Waals surface area contributed by atoms with Crippen LogP contribution in [0.5, 0.6) is 0 Å². The van der Waals surface area contributed by atoms with Crippen LogP contribution in [0.25, 0.3) is 0 Å². The van der Waals surface area contributed by atoms with E-state index in [0.717, 1.165) is 12.0 Å². The number of carbonyl (C=O) groups is 1. The maximum atomic E-state index is 11.2. The van der Waals surface area contributed by atoms with Crippen LogP contribution < -0.4 is 5.32 Å². The molecule has 1 aromatic rings. The third-order valence-corrected chi connectivity index (χ3v) is 1.98. The van der Waals surface area contributed by atoms with Crippen molar-refractivity contribution in [2.45, 2.75) is 20.0 Å². The van der Waals surface area contributed by atoms with Crippen molar-refractivity contribution in [1.29, 1.82) is 0 Å². The normalized spacial score (nSPS) is 10.3.